The van der Waals surface area contributed by atoms with E-state index in [1.54, 1.807) is 13.3 Å². The minimum atomic E-state index is -0.147. The maximum absolute atomic E-state index is 13.3. The van der Waals surface area contributed by atoms with E-state index in [9.17, 15) is 4.79 Å². The first-order chi connectivity index (χ1) is 15.2. The Balaban J connectivity index is 1.37. The lowest BCUT2D eigenvalue weighted by atomic mass is 10.0. The number of para-hydroxylation sites is 1. The lowest BCUT2D eigenvalue weighted by molar-refractivity contribution is 0.0565. The highest BCUT2D eigenvalue weighted by molar-refractivity contribution is 5.98. The first-order valence-corrected chi connectivity index (χ1v) is 10.7. The fraction of sp³-hybridized carbons (Fsp3) is 0.280. The Morgan fingerprint density at radius 1 is 1.19 bits per heavy atom. The molecular weight excluding hydrogens is 390 g/mol. The number of hydrogen-bond donors (Lipinski definition) is 1. The molecule has 1 fully saturated rings. The molecule has 2 aromatic carbocycles. The smallest absolute Gasteiger partial charge is 0.270 e. The maximum Gasteiger partial charge on any atom is 0.270 e. The van der Waals surface area contributed by atoms with Gasteiger partial charge in [0.25, 0.3) is 5.91 Å². The summed E-state index contributed by atoms with van der Waals surface area (Å²) in [5, 5.41) is 1.04. The summed E-state index contributed by atoms with van der Waals surface area (Å²) in [7, 11) is 1.66. The van der Waals surface area contributed by atoms with Gasteiger partial charge in [-0.15, -0.1) is 0 Å². The van der Waals surface area contributed by atoms with Gasteiger partial charge in [0.1, 0.15) is 23.2 Å². The van der Waals surface area contributed by atoms with E-state index in [0.29, 0.717) is 24.6 Å². The van der Waals surface area contributed by atoms with E-state index in [4.69, 9.17) is 9.15 Å². The number of hydrogen-bond acceptors (Lipinski definition) is 4. The number of carbonyl (C=O) groups is 1. The van der Waals surface area contributed by atoms with Crippen molar-refractivity contribution >= 4 is 16.8 Å². The number of nitrogens with zero attached hydrogens (tertiary/aromatic N) is 2. The van der Waals surface area contributed by atoms with E-state index in [0.717, 1.165) is 47.2 Å². The summed E-state index contributed by atoms with van der Waals surface area (Å²) in [5.74, 6) is 2.21. The monoisotopic (exact) mass is 415 g/mol. The van der Waals surface area contributed by atoms with E-state index in [2.05, 4.69) is 9.97 Å². The van der Waals surface area contributed by atoms with Crippen LogP contribution in [-0.2, 0) is 6.42 Å². The number of amides is 1. The van der Waals surface area contributed by atoms with Gasteiger partial charge in [-0.05, 0) is 49.1 Å². The fourth-order valence-corrected chi connectivity index (χ4v) is 4.32. The SMILES string of the molecule is COc1cccc(Cc2cnc([C@H]3CCCCN3C(=O)c3cc4ccccc4[nH]3)o2)c1. The molecule has 0 saturated carbocycles. The number of benzene rings is 2. The van der Waals surface area contributed by atoms with Crippen LogP contribution in [0.15, 0.2) is 65.2 Å². The van der Waals surface area contributed by atoms with Gasteiger partial charge < -0.3 is 19.0 Å². The van der Waals surface area contributed by atoms with Gasteiger partial charge in [-0.25, -0.2) is 4.98 Å². The molecular formula is C25H25N3O3. The molecule has 1 aliphatic rings. The highest BCUT2D eigenvalue weighted by Crippen LogP contribution is 2.32. The Labute approximate surface area is 180 Å². The van der Waals surface area contributed by atoms with Crippen molar-refractivity contribution in [1.82, 2.24) is 14.9 Å². The number of rotatable bonds is 5. The zero-order chi connectivity index (χ0) is 21.2. The first kappa shape index (κ1) is 19.4. The van der Waals surface area contributed by atoms with E-state index in [-0.39, 0.29) is 11.9 Å². The third-order valence-electron chi connectivity index (χ3n) is 5.89. The number of ether oxygens (including phenoxy) is 1. The Kier molecular flexibility index (Phi) is 5.20. The molecule has 2 aromatic heterocycles. The zero-order valence-corrected chi connectivity index (χ0v) is 17.5. The van der Waals surface area contributed by atoms with Crippen LogP contribution in [0.3, 0.4) is 0 Å². The highest BCUT2D eigenvalue weighted by atomic mass is 16.5. The zero-order valence-electron chi connectivity index (χ0n) is 17.5. The molecule has 0 aliphatic carbocycles. The Morgan fingerprint density at radius 3 is 2.97 bits per heavy atom. The number of methoxy groups -OCH3 is 1. The summed E-state index contributed by atoms with van der Waals surface area (Å²) >= 11 is 0. The number of aromatic amines is 1. The molecule has 0 unspecified atom stereocenters. The number of fused-ring (bicyclic) bond motifs is 1. The van der Waals surface area contributed by atoms with Gasteiger partial charge in [-0.2, -0.15) is 0 Å². The predicted octanol–water partition coefficient (Wildman–Crippen LogP) is 5.12. The lowest BCUT2D eigenvalue weighted by Gasteiger charge is -2.33. The number of nitrogens with one attached hydrogen (secondary N) is 1. The third-order valence-corrected chi connectivity index (χ3v) is 5.89. The van der Waals surface area contributed by atoms with Crippen LogP contribution in [0.25, 0.3) is 10.9 Å². The number of oxazole rings is 1. The average molecular weight is 415 g/mol. The topological polar surface area (TPSA) is 71.4 Å². The Bertz CT molecular complexity index is 1180. The lowest BCUT2D eigenvalue weighted by Crippen LogP contribution is -2.38. The molecule has 1 saturated heterocycles. The summed E-state index contributed by atoms with van der Waals surface area (Å²) in [4.78, 5) is 23.0. The number of aromatic nitrogens is 2. The summed E-state index contributed by atoms with van der Waals surface area (Å²) < 4.78 is 11.4. The summed E-state index contributed by atoms with van der Waals surface area (Å²) in [5.41, 5.74) is 2.67. The quantitative estimate of drug-likeness (QED) is 0.491. The third kappa shape index (κ3) is 3.93. The van der Waals surface area contributed by atoms with E-state index < -0.39 is 0 Å². The molecule has 31 heavy (non-hydrogen) atoms. The summed E-state index contributed by atoms with van der Waals surface area (Å²) in [6.07, 6.45) is 5.29. The van der Waals surface area contributed by atoms with E-state index in [1.807, 2.05) is 59.5 Å². The second-order valence-electron chi connectivity index (χ2n) is 7.97. The standard InChI is InChI=1S/C25H25N3O3/c1-30-19-9-6-7-17(13-19)14-20-16-26-24(31-20)23-11-4-5-12-28(23)25(29)22-15-18-8-2-3-10-21(18)27-22/h2-3,6-10,13,15-16,23,27H,4-5,11-12,14H2,1H3/t23-/m1/s1. The molecule has 1 aliphatic heterocycles. The van der Waals surface area contributed by atoms with Crippen molar-refractivity contribution in [2.45, 2.75) is 31.7 Å². The van der Waals surface area contributed by atoms with Crippen LogP contribution in [0.5, 0.6) is 5.75 Å². The minimum Gasteiger partial charge on any atom is -0.497 e. The van der Waals surface area contributed by atoms with Crippen LogP contribution in [0.2, 0.25) is 0 Å². The van der Waals surface area contributed by atoms with Gasteiger partial charge in [0.05, 0.1) is 13.3 Å². The van der Waals surface area contributed by atoms with Crippen molar-refractivity contribution < 1.29 is 13.9 Å². The van der Waals surface area contributed by atoms with Crippen LogP contribution in [-0.4, -0.2) is 34.4 Å². The van der Waals surface area contributed by atoms with E-state index >= 15 is 0 Å². The van der Waals surface area contributed by atoms with Crippen molar-refractivity contribution in [2.24, 2.45) is 0 Å². The van der Waals surface area contributed by atoms with Crippen molar-refractivity contribution in [3.8, 4) is 5.75 Å². The normalized spacial score (nSPS) is 16.5. The van der Waals surface area contributed by atoms with Crippen LogP contribution in [0.4, 0.5) is 0 Å². The molecule has 4 aromatic rings. The van der Waals surface area contributed by atoms with Crippen molar-refractivity contribution in [3.63, 3.8) is 0 Å². The van der Waals surface area contributed by atoms with Crippen LogP contribution < -0.4 is 4.74 Å². The fourth-order valence-electron chi connectivity index (χ4n) is 4.32. The van der Waals surface area contributed by atoms with Crippen molar-refractivity contribution in [1.29, 1.82) is 0 Å². The molecule has 6 nitrogen and oxygen atoms in total. The van der Waals surface area contributed by atoms with Crippen LogP contribution in [0.1, 0.15) is 53.0 Å². The molecule has 0 spiro atoms. The number of likely N-dealkylation sites (tertiary alicyclic amines) is 1. The van der Waals surface area contributed by atoms with Gasteiger partial charge in [0, 0.05) is 23.9 Å². The van der Waals surface area contributed by atoms with Gasteiger partial charge in [0.15, 0.2) is 0 Å². The molecule has 1 atom stereocenters. The van der Waals surface area contributed by atoms with Crippen LogP contribution in [0, 0.1) is 0 Å². The number of H-pyrrole nitrogens is 1. The van der Waals surface area contributed by atoms with Gasteiger partial charge in [-0.1, -0.05) is 30.3 Å². The van der Waals surface area contributed by atoms with Crippen LogP contribution >= 0.6 is 0 Å². The molecule has 3 heterocycles. The van der Waals surface area contributed by atoms with Crippen molar-refractivity contribution in [2.75, 3.05) is 13.7 Å². The second kappa shape index (κ2) is 8.30. The summed E-state index contributed by atoms with van der Waals surface area (Å²) in [6.45, 7) is 0.701. The summed E-state index contributed by atoms with van der Waals surface area (Å²) in [6, 6.07) is 17.6. The van der Waals surface area contributed by atoms with Gasteiger partial charge in [0.2, 0.25) is 5.89 Å². The Hall–Kier alpha value is -3.54. The molecule has 1 N–H and O–H groups in total. The second-order valence-corrected chi connectivity index (χ2v) is 7.97. The van der Waals surface area contributed by atoms with E-state index in [1.165, 1.54) is 0 Å². The van der Waals surface area contributed by atoms with Gasteiger partial charge in [-0.3, -0.25) is 4.79 Å². The number of carbonyl (C=O) groups excluding carboxylic acids is 1. The minimum absolute atomic E-state index is 0.00607. The molecule has 158 valence electrons. The molecule has 5 rings (SSSR count). The molecule has 0 bridgehead atoms. The largest absolute Gasteiger partial charge is 0.497 e. The molecule has 0 radical (unpaired) electrons. The Morgan fingerprint density at radius 2 is 2.10 bits per heavy atom. The predicted molar refractivity (Wildman–Crippen MR) is 118 cm³/mol. The molecule has 1 amide bonds. The molecule has 6 heteroatoms. The number of piperidine rings is 1. The average Bonchev–Trinajstić information content (AvgIpc) is 3.46. The van der Waals surface area contributed by atoms with Crippen molar-refractivity contribution in [3.05, 3.63) is 83.7 Å². The first-order valence-electron chi connectivity index (χ1n) is 10.7. The highest BCUT2D eigenvalue weighted by Gasteiger charge is 2.32. The van der Waals surface area contributed by atoms with Gasteiger partial charge >= 0.3 is 0 Å². The maximum atomic E-state index is 13.3.